The van der Waals surface area contributed by atoms with Crippen LogP contribution in [0.5, 0.6) is 0 Å². The number of hydrogen-bond donors (Lipinski definition) is 1. The van der Waals surface area contributed by atoms with Gasteiger partial charge in [-0.25, -0.2) is 4.68 Å². The van der Waals surface area contributed by atoms with Gasteiger partial charge >= 0.3 is 0 Å². The molecule has 3 aromatic carbocycles. The van der Waals surface area contributed by atoms with Crippen LogP contribution in [0.15, 0.2) is 72.9 Å². The Kier molecular flexibility index (Phi) is 4.18. The van der Waals surface area contributed by atoms with E-state index in [0.29, 0.717) is 10.7 Å². The molecule has 6 heteroatoms. The van der Waals surface area contributed by atoms with Gasteiger partial charge in [-0.15, -0.1) is 5.10 Å². The van der Waals surface area contributed by atoms with Crippen LogP contribution in [0.4, 0.5) is 5.69 Å². The predicted octanol–water partition coefficient (Wildman–Crippen LogP) is 5.49. The highest BCUT2D eigenvalue weighted by Gasteiger charge is 2.16. The van der Waals surface area contributed by atoms with Gasteiger partial charge < -0.3 is 5.73 Å². The quantitative estimate of drug-likeness (QED) is 0.407. The Morgan fingerprint density at radius 1 is 0.931 bits per heavy atom. The number of nitrogens with two attached hydrogens (primary N) is 1. The van der Waals surface area contributed by atoms with E-state index in [1.54, 1.807) is 6.20 Å². The van der Waals surface area contributed by atoms with Gasteiger partial charge in [0.25, 0.3) is 0 Å². The van der Waals surface area contributed by atoms with E-state index >= 15 is 0 Å². The first-order valence-corrected chi connectivity index (χ1v) is 9.73. The minimum atomic E-state index is 0.0430. The molecule has 0 aliphatic carbocycles. The fourth-order valence-electron chi connectivity index (χ4n) is 3.65. The average Bonchev–Trinajstić information content (AvgIpc) is 3.20. The van der Waals surface area contributed by atoms with Crippen molar-refractivity contribution in [1.82, 2.24) is 20.0 Å². The van der Waals surface area contributed by atoms with Gasteiger partial charge in [0.2, 0.25) is 0 Å². The minimum Gasteiger partial charge on any atom is -0.398 e. The number of hydrogen-bond acceptors (Lipinski definition) is 4. The largest absolute Gasteiger partial charge is 0.398 e. The van der Waals surface area contributed by atoms with Crippen molar-refractivity contribution < 1.29 is 0 Å². The molecule has 2 N–H and O–H groups in total. The summed E-state index contributed by atoms with van der Waals surface area (Å²) < 4.78 is 1.97. The zero-order valence-corrected chi connectivity index (χ0v) is 16.5. The summed E-state index contributed by atoms with van der Waals surface area (Å²) >= 11 is 6.23. The van der Waals surface area contributed by atoms with Gasteiger partial charge in [0.05, 0.1) is 28.5 Å². The summed E-state index contributed by atoms with van der Waals surface area (Å²) in [5.74, 6) is 0. The normalized spacial score (nSPS) is 12.5. The van der Waals surface area contributed by atoms with E-state index in [0.717, 1.165) is 33.1 Å². The number of pyridine rings is 1. The Hall–Kier alpha value is -3.44. The van der Waals surface area contributed by atoms with Crippen LogP contribution in [0.1, 0.15) is 18.5 Å². The van der Waals surface area contributed by atoms with Crippen LogP contribution in [0.25, 0.3) is 33.1 Å². The summed E-state index contributed by atoms with van der Waals surface area (Å²) in [6.07, 6.45) is 1.78. The Labute approximate surface area is 172 Å². The summed E-state index contributed by atoms with van der Waals surface area (Å²) in [7, 11) is 0. The molecular formula is C23H18ClN5. The molecule has 0 amide bonds. The van der Waals surface area contributed by atoms with E-state index in [9.17, 15) is 0 Å². The molecule has 0 radical (unpaired) electrons. The van der Waals surface area contributed by atoms with Crippen molar-refractivity contribution in [3.63, 3.8) is 0 Å². The number of benzene rings is 3. The standard InChI is InChI=1S/C23H18ClN5/c1-14(15-5-3-2-4-6-15)29-23-18-11-16(17-7-9-20(25)19(24)12-17)8-10-21(18)26-13-22(23)27-28-29/h2-14H,25H2,1H3/t14-/m0/s1. The van der Waals surface area contributed by atoms with Gasteiger partial charge in [-0.2, -0.15) is 0 Å². The number of nitrogen functional groups attached to an aromatic ring is 1. The van der Waals surface area contributed by atoms with E-state index in [4.69, 9.17) is 17.3 Å². The molecule has 2 heterocycles. The number of fused-ring (bicyclic) bond motifs is 3. The van der Waals surface area contributed by atoms with Gasteiger partial charge in [0, 0.05) is 5.39 Å². The molecule has 0 aliphatic rings. The molecule has 29 heavy (non-hydrogen) atoms. The minimum absolute atomic E-state index is 0.0430. The molecule has 0 bridgehead atoms. The fraction of sp³-hybridized carbons (Fsp3) is 0.0870. The molecule has 0 saturated heterocycles. The van der Waals surface area contributed by atoms with Crippen molar-refractivity contribution in [3.8, 4) is 11.1 Å². The van der Waals surface area contributed by atoms with Gasteiger partial charge in [0.15, 0.2) is 0 Å². The predicted molar refractivity (Wildman–Crippen MR) is 118 cm³/mol. The fourth-order valence-corrected chi connectivity index (χ4v) is 3.83. The van der Waals surface area contributed by atoms with Crippen LogP contribution in [-0.2, 0) is 0 Å². The summed E-state index contributed by atoms with van der Waals surface area (Å²) in [5, 5.41) is 10.3. The van der Waals surface area contributed by atoms with Gasteiger partial charge in [-0.05, 0) is 47.9 Å². The highest BCUT2D eigenvalue weighted by Crippen LogP contribution is 2.32. The zero-order valence-electron chi connectivity index (χ0n) is 15.7. The Bertz CT molecular complexity index is 1340. The summed E-state index contributed by atoms with van der Waals surface area (Å²) in [6.45, 7) is 2.12. The molecule has 0 fully saturated rings. The van der Waals surface area contributed by atoms with Crippen molar-refractivity contribution in [1.29, 1.82) is 0 Å². The van der Waals surface area contributed by atoms with Crippen LogP contribution in [0.3, 0.4) is 0 Å². The number of rotatable bonds is 3. The molecule has 0 spiro atoms. The second-order valence-corrected chi connectivity index (χ2v) is 7.49. The van der Waals surface area contributed by atoms with Crippen molar-refractivity contribution in [2.75, 3.05) is 5.73 Å². The van der Waals surface area contributed by atoms with Crippen molar-refractivity contribution >= 4 is 39.2 Å². The highest BCUT2D eigenvalue weighted by atomic mass is 35.5. The van der Waals surface area contributed by atoms with Crippen molar-refractivity contribution in [3.05, 3.63) is 83.5 Å². The number of aromatic nitrogens is 4. The lowest BCUT2D eigenvalue weighted by atomic mass is 10.0. The van der Waals surface area contributed by atoms with Gasteiger partial charge in [0.1, 0.15) is 11.0 Å². The monoisotopic (exact) mass is 399 g/mol. The van der Waals surface area contributed by atoms with Crippen LogP contribution in [-0.4, -0.2) is 20.0 Å². The third-order valence-electron chi connectivity index (χ3n) is 5.28. The van der Waals surface area contributed by atoms with Crippen molar-refractivity contribution in [2.45, 2.75) is 13.0 Å². The van der Waals surface area contributed by atoms with E-state index in [2.05, 4.69) is 40.4 Å². The smallest absolute Gasteiger partial charge is 0.132 e. The van der Waals surface area contributed by atoms with E-state index in [-0.39, 0.29) is 6.04 Å². The number of halogens is 1. The Morgan fingerprint density at radius 2 is 1.69 bits per heavy atom. The molecule has 5 nitrogen and oxygen atoms in total. The highest BCUT2D eigenvalue weighted by molar-refractivity contribution is 6.33. The second-order valence-electron chi connectivity index (χ2n) is 7.08. The maximum Gasteiger partial charge on any atom is 0.132 e. The lowest BCUT2D eigenvalue weighted by Gasteiger charge is -2.14. The van der Waals surface area contributed by atoms with Crippen LogP contribution in [0, 0.1) is 0 Å². The first-order chi connectivity index (χ1) is 14.1. The topological polar surface area (TPSA) is 69.6 Å². The zero-order chi connectivity index (χ0) is 20.0. The van der Waals surface area contributed by atoms with Crippen LogP contribution < -0.4 is 5.73 Å². The molecule has 0 aliphatic heterocycles. The van der Waals surface area contributed by atoms with E-state index in [1.807, 2.05) is 53.2 Å². The lowest BCUT2D eigenvalue weighted by molar-refractivity contribution is 0.561. The number of anilines is 1. The van der Waals surface area contributed by atoms with Gasteiger partial charge in [-0.1, -0.05) is 59.3 Å². The summed E-state index contributed by atoms with van der Waals surface area (Å²) in [5.41, 5.74) is 12.3. The van der Waals surface area contributed by atoms with Crippen LogP contribution >= 0.6 is 11.6 Å². The maximum absolute atomic E-state index is 6.23. The third-order valence-corrected chi connectivity index (χ3v) is 5.61. The molecule has 5 aromatic rings. The lowest BCUT2D eigenvalue weighted by Crippen LogP contribution is -2.08. The molecule has 1 atom stereocenters. The Balaban J connectivity index is 1.73. The maximum atomic E-state index is 6.23. The first-order valence-electron chi connectivity index (χ1n) is 9.36. The second kappa shape index (κ2) is 6.87. The summed E-state index contributed by atoms with van der Waals surface area (Å²) in [6, 6.07) is 22.2. The number of nitrogens with zero attached hydrogens (tertiary/aromatic N) is 4. The molecule has 0 saturated carbocycles. The molecular weight excluding hydrogens is 382 g/mol. The summed E-state index contributed by atoms with van der Waals surface area (Å²) in [4.78, 5) is 4.56. The van der Waals surface area contributed by atoms with Gasteiger partial charge in [-0.3, -0.25) is 4.98 Å². The average molecular weight is 400 g/mol. The molecule has 0 unspecified atom stereocenters. The Morgan fingerprint density at radius 3 is 2.48 bits per heavy atom. The van der Waals surface area contributed by atoms with Crippen LogP contribution in [0.2, 0.25) is 5.02 Å². The van der Waals surface area contributed by atoms with E-state index in [1.165, 1.54) is 5.56 Å². The van der Waals surface area contributed by atoms with Crippen molar-refractivity contribution in [2.24, 2.45) is 0 Å². The third kappa shape index (κ3) is 3.00. The van der Waals surface area contributed by atoms with E-state index < -0.39 is 0 Å². The molecule has 5 rings (SSSR count). The molecule has 142 valence electrons. The first kappa shape index (κ1) is 17.6. The SMILES string of the molecule is C[C@@H](c1ccccc1)n1nnc2cnc3ccc(-c4ccc(N)c(Cl)c4)cc3c21. The molecule has 2 aromatic heterocycles.